The first-order valence-corrected chi connectivity index (χ1v) is 4.54. The number of carbonyl (C=O) groups excluding carboxylic acids is 1. The fourth-order valence-corrected chi connectivity index (χ4v) is 1.64. The van der Waals surface area contributed by atoms with Crippen molar-refractivity contribution in [3.63, 3.8) is 0 Å². The lowest BCUT2D eigenvalue weighted by Crippen LogP contribution is -2.39. The van der Waals surface area contributed by atoms with Crippen molar-refractivity contribution in [2.75, 3.05) is 13.7 Å². The molecule has 0 spiro atoms. The lowest BCUT2D eigenvalue weighted by Gasteiger charge is -2.36. The normalized spacial score (nSPS) is 27.1. The Morgan fingerprint density at radius 3 is 2.62 bits per heavy atom. The van der Waals surface area contributed by atoms with Crippen LogP contribution < -0.4 is 0 Å². The van der Waals surface area contributed by atoms with Gasteiger partial charge in [-0.25, -0.2) is 4.79 Å². The Morgan fingerprint density at radius 2 is 2.15 bits per heavy atom. The number of hydrogen-bond donors (Lipinski definition) is 0. The molecule has 0 amide bonds. The molecule has 2 atom stereocenters. The third-order valence-electron chi connectivity index (χ3n) is 2.60. The van der Waals surface area contributed by atoms with Crippen molar-refractivity contribution >= 4 is 5.97 Å². The fourth-order valence-electron chi connectivity index (χ4n) is 1.64. The van der Waals surface area contributed by atoms with Crippen LogP contribution in [0.4, 0.5) is 0 Å². The summed E-state index contributed by atoms with van der Waals surface area (Å²) in [6.45, 7) is 6.56. The molecule has 74 valence electrons. The van der Waals surface area contributed by atoms with E-state index in [1.54, 1.807) is 0 Å². The van der Waals surface area contributed by atoms with Gasteiger partial charge in [0.15, 0.2) is 0 Å². The summed E-state index contributed by atoms with van der Waals surface area (Å²) in [4.78, 5) is 11.3. The van der Waals surface area contributed by atoms with Gasteiger partial charge in [-0.05, 0) is 13.8 Å². The molecule has 1 rings (SSSR count). The van der Waals surface area contributed by atoms with Gasteiger partial charge in [-0.2, -0.15) is 0 Å². The van der Waals surface area contributed by atoms with Gasteiger partial charge in [0.2, 0.25) is 0 Å². The molecule has 3 heteroatoms. The molecule has 0 bridgehead atoms. The minimum absolute atomic E-state index is 0.0579. The quantitative estimate of drug-likeness (QED) is 0.624. The average Bonchev–Trinajstić information content (AvgIpc) is 2.16. The molecule has 0 aromatic heterocycles. The van der Waals surface area contributed by atoms with Gasteiger partial charge in [0.25, 0.3) is 0 Å². The average molecular weight is 184 g/mol. The van der Waals surface area contributed by atoms with Crippen LogP contribution in [0.2, 0.25) is 0 Å². The summed E-state index contributed by atoms with van der Waals surface area (Å²) >= 11 is 0. The van der Waals surface area contributed by atoms with E-state index in [0.29, 0.717) is 18.1 Å². The molecule has 13 heavy (non-hydrogen) atoms. The summed E-state index contributed by atoms with van der Waals surface area (Å²) < 4.78 is 10.1. The van der Waals surface area contributed by atoms with Gasteiger partial charge in [-0.3, -0.25) is 0 Å². The van der Waals surface area contributed by atoms with E-state index < -0.39 is 0 Å². The Bertz CT molecular complexity index is 243. The SMILES string of the molecule is CCO[C@H]1C(C(=O)OC)=C(C)[C@H]1C. The van der Waals surface area contributed by atoms with E-state index in [9.17, 15) is 4.79 Å². The Hall–Kier alpha value is -0.830. The van der Waals surface area contributed by atoms with Crippen LogP contribution in [0.3, 0.4) is 0 Å². The predicted octanol–water partition coefficient (Wildman–Crippen LogP) is 1.53. The summed E-state index contributed by atoms with van der Waals surface area (Å²) in [6.07, 6.45) is -0.0579. The first-order chi connectivity index (χ1) is 6.13. The number of ether oxygens (including phenoxy) is 2. The van der Waals surface area contributed by atoms with Crippen LogP contribution in [-0.2, 0) is 14.3 Å². The topological polar surface area (TPSA) is 35.5 Å². The van der Waals surface area contributed by atoms with Gasteiger partial charge in [0.1, 0.15) is 0 Å². The Morgan fingerprint density at radius 1 is 1.54 bits per heavy atom. The molecule has 1 aliphatic carbocycles. The molecule has 0 unspecified atom stereocenters. The van der Waals surface area contributed by atoms with E-state index in [2.05, 4.69) is 11.7 Å². The van der Waals surface area contributed by atoms with Gasteiger partial charge in [-0.15, -0.1) is 0 Å². The number of esters is 1. The van der Waals surface area contributed by atoms with E-state index in [4.69, 9.17) is 4.74 Å². The third kappa shape index (κ3) is 1.61. The zero-order valence-corrected chi connectivity index (χ0v) is 8.59. The minimum atomic E-state index is -0.256. The van der Waals surface area contributed by atoms with E-state index in [1.165, 1.54) is 7.11 Å². The Kier molecular flexibility index (Phi) is 3.09. The zero-order chi connectivity index (χ0) is 10.0. The van der Waals surface area contributed by atoms with Crippen LogP contribution in [-0.4, -0.2) is 25.8 Å². The van der Waals surface area contributed by atoms with Crippen LogP contribution in [0.15, 0.2) is 11.1 Å². The second-order valence-corrected chi connectivity index (χ2v) is 3.25. The first-order valence-electron chi connectivity index (χ1n) is 4.54. The van der Waals surface area contributed by atoms with E-state index in [-0.39, 0.29) is 12.1 Å². The van der Waals surface area contributed by atoms with Gasteiger partial charge in [0, 0.05) is 12.5 Å². The Balaban J connectivity index is 2.76. The van der Waals surface area contributed by atoms with Gasteiger partial charge in [-0.1, -0.05) is 12.5 Å². The lowest BCUT2D eigenvalue weighted by atomic mass is 9.76. The van der Waals surface area contributed by atoms with Crippen LogP contribution in [0.5, 0.6) is 0 Å². The predicted molar refractivity (Wildman–Crippen MR) is 49.3 cm³/mol. The highest BCUT2D eigenvalue weighted by Gasteiger charge is 2.39. The van der Waals surface area contributed by atoms with Crippen LogP contribution >= 0.6 is 0 Å². The molecule has 0 saturated heterocycles. The molecule has 3 nitrogen and oxygen atoms in total. The molecule has 0 aromatic rings. The van der Waals surface area contributed by atoms with Crippen LogP contribution in [0, 0.1) is 5.92 Å². The summed E-state index contributed by atoms with van der Waals surface area (Å²) in [5.41, 5.74) is 1.79. The van der Waals surface area contributed by atoms with Gasteiger partial charge >= 0.3 is 5.97 Å². The first kappa shape index (κ1) is 10.3. The molecular weight excluding hydrogens is 168 g/mol. The summed E-state index contributed by atoms with van der Waals surface area (Å²) in [6, 6.07) is 0. The van der Waals surface area contributed by atoms with Crippen molar-refractivity contribution in [3.05, 3.63) is 11.1 Å². The van der Waals surface area contributed by atoms with Crippen molar-refractivity contribution in [1.82, 2.24) is 0 Å². The van der Waals surface area contributed by atoms with Gasteiger partial charge < -0.3 is 9.47 Å². The highest BCUT2D eigenvalue weighted by Crippen LogP contribution is 2.37. The number of carbonyl (C=O) groups is 1. The highest BCUT2D eigenvalue weighted by atomic mass is 16.5. The van der Waals surface area contributed by atoms with Crippen LogP contribution in [0.1, 0.15) is 20.8 Å². The van der Waals surface area contributed by atoms with E-state index in [0.717, 1.165) is 5.57 Å². The molecule has 0 heterocycles. The lowest BCUT2D eigenvalue weighted by molar-refractivity contribution is -0.139. The second-order valence-electron chi connectivity index (χ2n) is 3.25. The summed E-state index contributed by atoms with van der Waals surface area (Å²) in [7, 11) is 1.40. The van der Waals surface area contributed by atoms with Crippen molar-refractivity contribution in [2.24, 2.45) is 5.92 Å². The number of methoxy groups -OCH3 is 1. The maximum atomic E-state index is 11.3. The maximum Gasteiger partial charge on any atom is 0.336 e. The number of hydrogen-bond acceptors (Lipinski definition) is 3. The third-order valence-corrected chi connectivity index (χ3v) is 2.60. The van der Waals surface area contributed by atoms with Crippen molar-refractivity contribution < 1.29 is 14.3 Å². The summed E-state index contributed by atoms with van der Waals surface area (Å²) in [5.74, 6) is 0.0862. The summed E-state index contributed by atoms with van der Waals surface area (Å²) in [5, 5.41) is 0. The number of rotatable bonds is 3. The van der Waals surface area contributed by atoms with Crippen molar-refractivity contribution in [2.45, 2.75) is 26.9 Å². The molecular formula is C10H16O3. The minimum Gasteiger partial charge on any atom is -0.466 e. The van der Waals surface area contributed by atoms with Crippen molar-refractivity contribution in [3.8, 4) is 0 Å². The molecule has 1 aliphatic rings. The van der Waals surface area contributed by atoms with Crippen molar-refractivity contribution in [1.29, 1.82) is 0 Å². The van der Waals surface area contributed by atoms with E-state index in [1.807, 2.05) is 13.8 Å². The second kappa shape index (κ2) is 3.92. The molecule has 0 aromatic carbocycles. The maximum absolute atomic E-state index is 11.3. The highest BCUT2D eigenvalue weighted by molar-refractivity contribution is 5.92. The largest absolute Gasteiger partial charge is 0.466 e. The zero-order valence-electron chi connectivity index (χ0n) is 8.59. The molecule has 0 radical (unpaired) electrons. The molecule has 0 saturated carbocycles. The standard InChI is InChI=1S/C10H16O3/c1-5-13-9-7(3)6(2)8(9)10(11)12-4/h7,9H,5H2,1-4H3/t7-,9-/m1/s1. The monoisotopic (exact) mass is 184 g/mol. The molecule has 0 N–H and O–H groups in total. The smallest absolute Gasteiger partial charge is 0.336 e. The van der Waals surface area contributed by atoms with E-state index >= 15 is 0 Å². The molecule has 0 fully saturated rings. The Labute approximate surface area is 78.7 Å². The fraction of sp³-hybridized carbons (Fsp3) is 0.700. The van der Waals surface area contributed by atoms with Crippen LogP contribution in [0.25, 0.3) is 0 Å². The van der Waals surface area contributed by atoms with Gasteiger partial charge in [0.05, 0.1) is 18.8 Å². The molecule has 0 aliphatic heterocycles.